The number of unbranched alkanes of at least 4 members (excludes halogenated alkanes) is 1. The standard InChI is InChI=1S/C26H33N5O3/c27-18-21-9-6-19-4-3-5-22(25(19)34-21)31-15-13-30(14-16-31)12-1-2-17-33-24-11-8-20-7-10-23(32)28-26(20)29-24/h3-5,7-8,10-11,21H,1-2,6,9,12-18,27H2,(H,28,29,32). The average Bonchev–Trinajstić information content (AvgIpc) is 2.88. The summed E-state index contributed by atoms with van der Waals surface area (Å²) < 4.78 is 12.0. The van der Waals surface area contributed by atoms with Gasteiger partial charge in [-0.2, -0.15) is 4.98 Å². The Labute approximate surface area is 199 Å². The molecule has 2 aromatic heterocycles. The summed E-state index contributed by atoms with van der Waals surface area (Å²) in [5, 5.41) is 0.896. The number of pyridine rings is 2. The fourth-order valence-corrected chi connectivity index (χ4v) is 4.78. The molecule has 2 aliphatic rings. The van der Waals surface area contributed by atoms with Crippen LogP contribution in [0.25, 0.3) is 11.0 Å². The van der Waals surface area contributed by atoms with Crippen molar-refractivity contribution in [3.8, 4) is 11.6 Å². The van der Waals surface area contributed by atoms with E-state index in [1.165, 1.54) is 17.3 Å². The number of aryl methyl sites for hydroxylation is 1. The third-order valence-corrected chi connectivity index (χ3v) is 6.75. The normalized spacial score (nSPS) is 18.5. The van der Waals surface area contributed by atoms with E-state index in [1.807, 2.05) is 12.1 Å². The Bertz CT molecular complexity index is 1170. The molecule has 1 saturated heterocycles. The lowest BCUT2D eigenvalue weighted by Crippen LogP contribution is -2.47. The first-order valence-electron chi connectivity index (χ1n) is 12.3. The highest BCUT2D eigenvalue weighted by Gasteiger charge is 2.25. The minimum atomic E-state index is -0.156. The number of H-pyrrole nitrogens is 1. The lowest BCUT2D eigenvalue weighted by molar-refractivity contribution is 0.180. The SMILES string of the molecule is NCC1CCc2cccc(N3CCN(CCCCOc4ccc5ccc(=O)[nH]c5n4)CC3)c2O1. The van der Waals surface area contributed by atoms with Crippen LogP contribution >= 0.6 is 0 Å². The van der Waals surface area contributed by atoms with Crippen LogP contribution in [0.3, 0.4) is 0 Å². The minimum absolute atomic E-state index is 0.129. The van der Waals surface area contributed by atoms with Crippen LogP contribution in [0.4, 0.5) is 5.69 Å². The molecule has 0 radical (unpaired) electrons. The van der Waals surface area contributed by atoms with Crippen molar-refractivity contribution in [2.45, 2.75) is 31.8 Å². The number of para-hydroxylation sites is 1. The quantitative estimate of drug-likeness (QED) is 0.496. The van der Waals surface area contributed by atoms with Crippen LogP contribution in [0, 0.1) is 0 Å². The van der Waals surface area contributed by atoms with E-state index in [4.69, 9.17) is 15.2 Å². The summed E-state index contributed by atoms with van der Waals surface area (Å²) >= 11 is 0. The molecule has 3 N–H and O–H groups in total. The summed E-state index contributed by atoms with van der Waals surface area (Å²) in [6.07, 6.45) is 4.21. The summed E-state index contributed by atoms with van der Waals surface area (Å²) in [5.74, 6) is 1.59. The van der Waals surface area contributed by atoms with Gasteiger partial charge in [0.15, 0.2) is 0 Å². The smallest absolute Gasteiger partial charge is 0.249 e. The summed E-state index contributed by atoms with van der Waals surface area (Å²) in [6, 6.07) is 13.5. The van der Waals surface area contributed by atoms with Gasteiger partial charge in [0.25, 0.3) is 0 Å². The Kier molecular flexibility index (Phi) is 6.97. The zero-order chi connectivity index (χ0) is 23.3. The molecule has 1 fully saturated rings. The number of piperazine rings is 1. The molecular weight excluding hydrogens is 430 g/mol. The summed E-state index contributed by atoms with van der Waals surface area (Å²) in [5.41, 5.74) is 8.79. The van der Waals surface area contributed by atoms with E-state index in [1.54, 1.807) is 6.07 Å². The average molecular weight is 464 g/mol. The maximum Gasteiger partial charge on any atom is 0.249 e. The number of fused-ring (bicyclic) bond motifs is 2. The summed E-state index contributed by atoms with van der Waals surface area (Å²) in [7, 11) is 0. The van der Waals surface area contributed by atoms with Gasteiger partial charge in [0.1, 0.15) is 17.5 Å². The molecule has 5 rings (SSSR count). The molecule has 0 amide bonds. The minimum Gasteiger partial charge on any atom is -0.487 e. The van der Waals surface area contributed by atoms with Crippen molar-refractivity contribution >= 4 is 16.7 Å². The Morgan fingerprint density at radius 2 is 1.94 bits per heavy atom. The van der Waals surface area contributed by atoms with Crippen LogP contribution in [0.5, 0.6) is 11.6 Å². The first kappa shape index (κ1) is 22.7. The van der Waals surface area contributed by atoms with Gasteiger partial charge in [-0.05, 0) is 56.0 Å². The van der Waals surface area contributed by atoms with Gasteiger partial charge in [-0.3, -0.25) is 9.69 Å². The molecule has 8 nitrogen and oxygen atoms in total. The molecule has 0 bridgehead atoms. The molecule has 180 valence electrons. The lowest BCUT2D eigenvalue weighted by Gasteiger charge is -2.38. The van der Waals surface area contributed by atoms with E-state index in [2.05, 4.69) is 38.0 Å². The van der Waals surface area contributed by atoms with Gasteiger partial charge in [0.05, 0.1) is 12.3 Å². The van der Waals surface area contributed by atoms with Gasteiger partial charge in [-0.1, -0.05) is 12.1 Å². The molecule has 8 heteroatoms. The Morgan fingerprint density at radius 1 is 1.09 bits per heavy atom. The molecule has 0 spiro atoms. The van der Waals surface area contributed by atoms with Crippen molar-refractivity contribution in [2.75, 3.05) is 50.8 Å². The zero-order valence-electron chi connectivity index (χ0n) is 19.5. The second-order valence-electron chi connectivity index (χ2n) is 9.07. The third kappa shape index (κ3) is 5.18. The second-order valence-corrected chi connectivity index (χ2v) is 9.07. The summed E-state index contributed by atoms with van der Waals surface area (Å²) in [6.45, 7) is 6.35. The van der Waals surface area contributed by atoms with Crippen molar-refractivity contribution in [1.29, 1.82) is 0 Å². The number of nitrogens with zero attached hydrogens (tertiary/aromatic N) is 3. The Balaban J connectivity index is 1.06. The van der Waals surface area contributed by atoms with Gasteiger partial charge in [-0.25, -0.2) is 0 Å². The predicted octanol–water partition coefficient (Wildman–Crippen LogP) is 2.56. The number of benzene rings is 1. The number of hydrogen-bond donors (Lipinski definition) is 2. The topological polar surface area (TPSA) is 96.7 Å². The molecule has 1 unspecified atom stereocenters. The number of rotatable bonds is 8. The van der Waals surface area contributed by atoms with Gasteiger partial charge < -0.3 is 25.1 Å². The van der Waals surface area contributed by atoms with Crippen LogP contribution in [0.2, 0.25) is 0 Å². The van der Waals surface area contributed by atoms with Crippen LogP contribution < -0.4 is 25.7 Å². The number of nitrogens with two attached hydrogens (primary N) is 1. The lowest BCUT2D eigenvalue weighted by atomic mass is 10.0. The van der Waals surface area contributed by atoms with E-state index in [9.17, 15) is 4.79 Å². The van der Waals surface area contributed by atoms with E-state index >= 15 is 0 Å². The van der Waals surface area contributed by atoms with E-state index in [-0.39, 0.29) is 11.7 Å². The van der Waals surface area contributed by atoms with E-state index < -0.39 is 0 Å². The van der Waals surface area contributed by atoms with Crippen molar-refractivity contribution in [3.63, 3.8) is 0 Å². The maximum absolute atomic E-state index is 11.5. The van der Waals surface area contributed by atoms with E-state index in [0.29, 0.717) is 24.7 Å². The highest BCUT2D eigenvalue weighted by atomic mass is 16.5. The number of aromatic amines is 1. The molecule has 0 saturated carbocycles. The second kappa shape index (κ2) is 10.4. The Morgan fingerprint density at radius 3 is 2.79 bits per heavy atom. The molecule has 0 aliphatic carbocycles. The van der Waals surface area contributed by atoms with Gasteiger partial charge >= 0.3 is 0 Å². The predicted molar refractivity (Wildman–Crippen MR) is 134 cm³/mol. The molecule has 4 heterocycles. The van der Waals surface area contributed by atoms with Gasteiger partial charge in [0, 0.05) is 50.2 Å². The first-order chi connectivity index (χ1) is 16.7. The molecule has 3 aromatic rings. The molecule has 1 aromatic carbocycles. The van der Waals surface area contributed by atoms with E-state index in [0.717, 1.165) is 69.5 Å². The van der Waals surface area contributed by atoms with Crippen molar-refractivity contribution in [1.82, 2.24) is 14.9 Å². The highest BCUT2D eigenvalue weighted by Crippen LogP contribution is 2.37. The maximum atomic E-state index is 11.5. The monoisotopic (exact) mass is 463 g/mol. The Hall–Kier alpha value is -3.10. The third-order valence-electron chi connectivity index (χ3n) is 6.75. The van der Waals surface area contributed by atoms with Crippen molar-refractivity contribution in [2.24, 2.45) is 5.73 Å². The first-order valence-corrected chi connectivity index (χ1v) is 12.3. The number of ether oxygens (including phenoxy) is 2. The van der Waals surface area contributed by atoms with Crippen LogP contribution in [0.15, 0.2) is 47.3 Å². The van der Waals surface area contributed by atoms with Crippen LogP contribution in [-0.2, 0) is 6.42 Å². The number of anilines is 1. The fraction of sp³-hybridized carbons (Fsp3) is 0.462. The van der Waals surface area contributed by atoms with Crippen LogP contribution in [0.1, 0.15) is 24.8 Å². The highest BCUT2D eigenvalue weighted by molar-refractivity contribution is 5.74. The summed E-state index contributed by atoms with van der Waals surface area (Å²) in [4.78, 5) is 23.6. The van der Waals surface area contributed by atoms with Gasteiger partial charge in [-0.15, -0.1) is 0 Å². The number of nitrogens with one attached hydrogen (secondary N) is 1. The number of hydrogen-bond acceptors (Lipinski definition) is 7. The molecule has 2 aliphatic heterocycles. The molecular formula is C26H33N5O3. The fourth-order valence-electron chi connectivity index (χ4n) is 4.78. The molecule has 34 heavy (non-hydrogen) atoms. The van der Waals surface area contributed by atoms with Gasteiger partial charge in [0.2, 0.25) is 11.4 Å². The van der Waals surface area contributed by atoms with Crippen molar-refractivity contribution in [3.05, 3.63) is 58.4 Å². The largest absolute Gasteiger partial charge is 0.487 e. The van der Waals surface area contributed by atoms with Crippen molar-refractivity contribution < 1.29 is 9.47 Å². The molecule has 1 atom stereocenters. The zero-order valence-corrected chi connectivity index (χ0v) is 19.5. The van der Waals surface area contributed by atoms with Crippen LogP contribution in [-0.4, -0.2) is 66.8 Å². The number of aromatic nitrogens is 2.